The second kappa shape index (κ2) is 7.26. The Bertz CT molecular complexity index is 940. The lowest BCUT2D eigenvalue weighted by atomic mass is 10.2. The van der Waals surface area contributed by atoms with Crippen LogP contribution >= 0.6 is 23.2 Å². The Morgan fingerprint density at radius 1 is 1.27 bits per heavy atom. The van der Waals surface area contributed by atoms with Crippen molar-refractivity contribution < 1.29 is 9.47 Å². The normalized spacial score (nSPS) is 17.4. The average Bonchev–Trinajstić information content (AvgIpc) is 3.11. The Morgan fingerprint density at radius 2 is 2.15 bits per heavy atom. The second-order valence-corrected chi connectivity index (χ2v) is 6.72. The van der Waals surface area contributed by atoms with Gasteiger partial charge in [0, 0.05) is 6.61 Å². The van der Waals surface area contributed by atoms with E-state index < -0.39 is 0 Å². The van der Waals surface area contributed by atoms with Gasteiger partial charge in [-0.25, -0.2) is 9.67 Å². The molecule has 0 bridgehead atoms. The first-order chi connectivity index (χ1) is 12.7. The third-order valence-electron chi connectivity index (χ3n) is 4.26. The third-order valence-corrected chi connectivity index (χ3v) is 4.73. The van der Waals surface area contributed by atoms with Crippen LogP contribution in [-0.4, -0.2) is 33.5 Å². The van der Waals surface area contributed by atoms with E-state index in [1.165, 1.54) is 0 Å². The molecule has 1 saturated heterocycles. The summed E-state index contributed by atoms with van der Waals surface area (Å²) < 4.78 is 13.0. The van der Waals surface area contributed by atoms with Crippen LogP contribution in [0.5, 0.6) is 5.75 Å². The lowest BCUT2D eigenvalue weighted by Crippen LogP contribution is -2.18. The smallest absolute Gasteiger partial charge is 0.224 e. The minimum absolute atomic E-state index is 0.0333. The summed E-state index contributed by atoms with van der Waals surface area (Å²) in [5.74, 6) is 0.995. The van der Waals surface area contributed by atoms with E-state index >= 15 is 0 Å². The Kier molecular flexibility index (Phi) is 4.84. The van der Waals surface area contributed by atoms with Gasteiger partial charge >= 0.3 is 0 Å². The molecule has 4 rings (SSSR count). The predicted octanol–water partition coefficient (Wildman–Crippen LogP) is 4.58. The number of nitrogens with zero attached hydrogens (tertiary/aromatic N) is 4. The van der Waals surface area contributed by atoms with Gasteiger partial charge in [-0.3, -0.25) is 0 Å². The molecule has 0 amide bonds. The molecule has 0 saturated carbocycles. The number of aromatic nitrogens is 4. The SMILES string of the molecule is COc1c(Cl)ccc2nc(Cl)nc(Nc3cnn(C4CCCCO4)c3)c12. The zero-order valence-electron chi connectivity index (χ0n) is 14.1. The van der Waals surface area contributed by atoms with Crippen LogP contribution in [0, 0.1) is 0 Å². The molecule has 0 radical (unpaired) electrons. The lowest BCUT2D eigenvalue weighted by Gasteiger charge is -2.22. The summed E-state index contributed by atoms with van der Waals surface area (Å²) in [6.07, 6.45) is 6.75. The van der Waals surface area contributed by atoms with Crippen LogP contribution in [0.3, 0.4) is 0 Å². The molecule has 7 nitrogen and oxygen atoms in total. The Hall–Kier alpha value is -2.09. The number of nitrogens with one attached hydrogen (secondary N) is 1. The lowest BCUT2D eigenvalue weighted by molar-refractivity contribution is -0.0394. The first-order valence-electron chi connectivity index (χ1n) is 8.28. The van der Waals surface area contributed by atoms with E-state index in [4.69, 9.17) is 32.7 Å². The zero-order chi connectivity index (χ0) is 18.1. The maximum atomic E-state index is 6.25. The molecule has 26 heavy (non-hydrogen) atoms. The highest BCUT2D eigenvalue weighted by Crippen LogP contribution is 2.38. The molecule has 2 aromatic heterocycles. The van der Waals surface area contributed by atoms with Crippen LogP contribution in [0.25, 0.3) is 10.9 Å². The number of halogens is 2. The number of ether oxygens (including phenoxy) is 2. The van der Waals surface area contributed by atoms with Crippen LogP contribution in [0.4, 0.5) is 11.5 Å². The van der Waals surface area contributed by atoms with Gasteiger partial charge in [0.15, 0.2) is 5.75 Å². The first kappa shape index (κ1) is 17.3. The Morgan fingerprint density at radius 3 is 2.92 bits per heavy atom. The van der Waals surface area contributed by atoms with Gasteiger partial charge in [-0.2, -0.15) is 10.1 Å². The number of rotatable bonds is 4. The standard InChI is InChI=1S/C17H17Cl2N5O2/c1-25-15-11(18)5-6-12-14(15)16(23-17(19)22-12)21-10-8-20-24(9-10)13-4-2-3-7-26-13/h5-6,8-9,13H,2-4,7H2,1H3,(H,21,22,23). The summed E-state index contributed by atoms with van der Waals surface area (Å²) in [5.41, 5.74) is 1.40. The number of hydrogen-bond acceptors (Lipinski definition) is 6. The second-order valence-electron chi connectivity index (χ2n) is 5.97. The molecular weight excluding hydrogens is 377 g/mol. The zero-order valence-corrected chi connectivity index (χ0v) is 15.6. The summed E-state index contributed by atoms with van der Waals surface area (Å²) in [6, 6.07) is 3.49. The van der Waals surface area contributed by atoms with Crippen LogP contribution < -0.4 is 10.1 Å². The largest absolute Gasteiger partial charge is 0.494 e. The van der Waals surface area contributed by atoms with Gasteiger partial charge in [0.25, 0.3) is 0 Å². The number of hydrogen-bond donors (Lipinski definition) is 1. The number of methoxy groups -OCH3 is 1. The van der Waals surface area contributed by atoms with E-state index in [9.17, 15) is 0 Å². The molecule has 0 spiro atoms. The molecule has 0 aliphatic carbocycles. The van der Waals surface area contributed by atoms with Crippen molar-refractivity contribution in [3.63, 3.8) is 0 Å². The number of fused-ring (bicyclic) bond motifs is 1. The summed E-state index contributed by atoms with van der Waals surface area (Å²) in [6.45, 7) is 0.759. The van der Waals surface area contributed by atoms with Gasteiger partial charge in [0.05, 0.1) is 41.1 Å². The molecule has 3 heterocycles. The van der Waals surface area contributed by atoms with Crippen molar-refractivity contribution in [3.8, 4) is 5.75 Å². The third kappa shape index (κ3) is 3.30. The molecule has 1 aliphatic heterocycles. The molecule has 1 aromatic carbocycles. The van der Waals surface area contributed by atoms with Crippen LogP contribution in [0.15, 0.2) is 24.5 Å². The summed E-state index contributed by atoms with van der Waals surface area (Å²) in [7, 11) is 1.55. The Balaban J connectivity index is 1.71. The number of benzene rings is 1. The van der Waals surface area contributed by atoms with Gasteiger partial charge < -0.3 is 14.8 Å². The molecule has 3 aromatic rings. The molecular formula is C17H17Cl2N5O2. The quantitative estimate of drug-likeness (QED) is 0.653. The van der Waals surface area contributed by atoms with Gasteiger partial charge in [0.2, 0.25) is 5.28 Å². The van der Waals surface area contributed by atoms with E-state index in [0.29, 0.717) is 27.5 Å². The van der Waals surface area contributed by atoms with Crippen LogP contribution in [0.1, 0.15) is 25.5 Å². The van der Waals surface area contributed by atoms with Gasteiger partial charge in [0.1, 0.15) is 12.0 Å². The fourth-order valence-corrected chi connectivity index (χ4v) is 3.47. The van der Waals surface area contributed by atoms with Crippen LogP contribution in [0.2, 0.25) is 10.3 Å². The van der Waals surface area contributed by atoms with E-state index in [1.54, 1.807) is 25.4 Å². The molecule has 1 N–H and O–H groups in total. The maximum Gasteiger partial charge on any atom is 0.224 e. The van der Waals surface area contributed by atoms with Crippen molar-refractivity contribution in [1.82, 2.24) is 19.7 Å². The molecule has 1 aliphatic rings. The van der Waals surface area contributed by atoms with Crippen molar-refractivity contribution in [3.05, 3.63) is 34.8 Å². The van der Waals surface area contributed by atoms with Gasteiger partial charge in [-0.15, -0.1) is 0 Å². The van der Waals surface area contributed by atoms with Crippen molar-refractivity contribution in [1.29, 1.82) is 0 Å². The first-order valence-corrected chi connectivity index (χ1v) is 9.04. The van der Waals surface area contributed by atoms with E-state index in [2.05, 4.69) is 20.4 Å². The summed E-state index contributed by atoms with van der Waals surface area (Å²) >= 11 is 12.3. The predicted molar refractivity (Wildman–Crippen MR) is 100 cm³/mol. The Labute approximate surface area is 160 Å². The van der Waals surface area contributed by atoms with Crippen molar-refractivity contribution in [2.45, 2.75) is 25.5 Å². The van der Waals surface area contributed by atoms with Crippen molar-refractivity contribution >= 4 is 45.6 Å². The highest BCUT2D eigenvalue weighted by atomic mass is 35.5. The van der Waals surface area contributed by atoms with E-state index in [-0.39, 0.29) is 11.5 Å². The van der Waals surface area contributed by atoms with Crippen molar-refractivity contribution in [2.24, 2.45) is 0 Å². The van der Waals surface area contributed by atoms with Crippen molar-refractivity contribution in [2.75, 3.05) is 19.0 Å². The maximum absolute atomic E-state index is 6.25. The van der Waals surface area contributed by atoms with Gasteiger partial charge in [-0.05, 0) is 43.0 Å². The molecule has 136 valence electrons. The monoisotopic (exact) mass is 393 g/mol. The minimum Gasteiger partial charge on any atom is -0.494 e. The highest BCUT2D eigenvalue weighted by molar-refractivity contribution is 6.33. The summed E-state index contributed by atoms with van der Waals surface area (Å²) in [5, 5.41) is 8.89. The molecule has 1 atom stereocenters. The molecule has 1 fully saturated rings. The number of anilines is 2. The molecule has 9 heteroatoms. The summed E-state index contributed by atoms with van der Waals surface area (Å²) in [4.78, 5) is 8.55. The highest BCUT2D eigenvalue weighted by Gasteiger charge is 2.18. The fraction of sp³-hybridized carbons (Fsp3) is 0.353. The minimum atomic E-state index is -0.0333. The van der Waals surface area contributed by atoms with E-state index in [0.717, 1.165) is 31.6 Å². The average molecular weight is 394 g/mol. The topological polar surface area (TPSA) is 74.1 Å². The molecule has 1 unspecified atom stereocenters. The fourth-order valence-electron chi connectivity index (χ4n) is 3.06. The van der Waals surface area contributed by atoms with E-state index in [1.807, 2.05) is 10.9 Å². The van der Waals surface area contributed by atoms with Crippen LogP contribution in [-0.2, 0) is 4.74 Å². The van der Waals surface area contributed by atoms with Gasteiger partial charge in [-0.1, -0.05) is 11.6 Å².